The number of halogens is 2. The molecule has 0 bridgehead atoms. The summed E-state index contributed by atoms with van der Waals surface area (Å²) in [5.74, 6) is 0.709. The molecule has 41 heavy (non-hydrogen) atoms. The molecule has 0 aliphatic carbocycles. The molecule has 0 aliphatic heterocycles. The zero-order chi connectivity index (χ0) is 28.2. The van der Waals surface area contributed by atoms with Crippen LogP contribution in [0, 0.1) is 0 Å². The Morgan fingerprint density at radius 1 is 0.732 bits per heavy atom. The predicted molar refractivity (Wildman–Crippen MR) is 166 cm³/mol. The van der Waals surface area contributed by atoms with Crippen LogP contribution in [0.15, 0.2) is 137 Å². The second kappa shape index (κ2) is 11.7. The van der Waals surface area contributed by atoms with Crippen LogP contribution in [0.1, 0.15) is 16.1 Å². The molecule has 0 atom stereocenters. The van der Waals surface area contributed by atoms with Crippen molar-refractivity contribution in [3.8, 4) is 39.5 Å². The summed E-state index contributed by atoms with van der Waals surface area (Å²) in [6.07, 6.45) is 1.44. The van der Waals surface area contributed by atoms with Crippen LogP contribution in [0.3, 0.4) is 0 Å². The Kier molecular flexibility index (Phi) is 7.54. The van der Waals surface area contributed by atoms with Crippen molar-refractivity contribution in [2.75, 3.05) is 0 Å². The van der Waals surface area contributed by atoms with Crippen molar-refractivity contribution < 1.29 is 9.21 Å². The number of nitrogens with zero attached hydrogens (tertiary/aromatic N) is 2. The first-order valence-corrected chi connectivity index (χ1v) is 13.6. The lowest BCUT2D eigenvalue weighted by Crippen LogP contribution is -2.17. The summed E-state index contributed by atoms with van der Waals surface area (Å²) in [7, 11) is 0. The Labute approximate surface area is 247 Å². The molecule has 0 fully saturated rings. The zero-order valence-corrected chi connectivity index (χ0v) is 23.2. The summed E-state index contributed by atoms with van der Waals surface area (Å²) in [4.78, 5) is 12.8. The molecule has 6 rings (SSSR count). The first kappa shape index (κ1) is 26.4. The maximum atomic E-state index is 12.8. The van der Waals surface area contributed by atoms with E-state index in [4.69, 9.17) is 27.6 Å². The lowest BCUT2D eigenvalue weighted by atomic mass is 10.1. The van der Waals surface area contributed by atoms with Gasteiger partial charge in [-0.1, -0.05) is 83.9 Å². The number of carbonyl (C=O) groups is 1. The summed E-state index contributed by atoms with van der Waals surface area (Å²) >= 11 is 12.3. The number of hydrazone groups is 1. The third-order valence-electron chi connectivity index (χ3n) is 6.59. The van der Waals surface area contributed by atoms with Gasteiger partial charge in [0.25, 0.3) is 5.91 Å². The minimum Gasteiger partial charge on any atom is -0.455 e. The first-order chi connectivity index (χ1) is 20.1. The van der Waals surface area contributed by atoms with E-state index in [-0.39, 0.29) is 5.91 Å². The van der Waals surface area contributed by atoms with Crippen molar-refractivity contribution in [2.45, 2.75) is 0 Å². The monoisotopic (exact) mass is 575 g/mol. The number of nitrogens with one attached hydrogen (secondary N) is 1. The summed E-state index contributed by atoms with van der Waals surface area (Å²) in [5, 5.41) is 5.09. The minimum absolute atomic E-state index is 0.334. The number of rotatable bonds is 7. The first-order valence-electron chi connectivity index (χ1n) is 12.9. The topological polar surface area (TPSA) is 59.5 Å². The second-order valence-corrected chi connectivity index (χ2v) is 10.1. The molecule has 7 heteroatoms. The van der Waals surface area contributed by atoms with E-state index in [1.807, 2.05) is 48.5 Å². The highest BCUT2D eigenvalue weighted by atomic mass is 35.5. The van der Waals surface area contributed by atoms with E-state index in [9.17, 15) is 4.79 Å². The minimum atomic E-state index is -0.334. The molecule has 0 radical (unpaired) electrons. The smallest absolute Gasteiger partial charge is 0.271 e. The number of amides is 1. The number of hydrogen-bond acceptors (Lipinski definition) is 3. The van der Waals surface area contributed by atoms with Gasteiger partial charge in [0.15, 0.2) is 0 Å². The number of benzene rings is 4. The molecule has 6 aromatic rings. The highest BCUT2D eigenvalue weighted by Gasteiger charge is 2.14. The van der Waals surface area contributed by atoms with Gasteiger partial charge in [-0.05, 0) is 77.9 Å². The zero-order valence-electron chi connectivity index (χ0n) is 21.7. The summed E-state index contributed by atoms with van der Waals surface area (Å²) < 4.78 is 8.00. The molecule has 0 aliphatic rings. The molecule has 5 nitrogen and oxygen atoms in total. The van der Waals surface area contributed by atoms with Crippen LogP contribution in [0.2, 0.25) is 10.0 Å². The molecule has 1 amide bonds. The van der Waals surface area contributed by atoms with Gasteiger partial charge in [-0.3, -0.25) is 4.79 Å². The van der Waals surface area contributed by atoms with E-state index in [0.29, 0.717) is 32.7 Å². The summed E-state index contributed by atoms with van der Waals surface area (Å²) in [5.41, 5.74) is 9.02. The van der Waals surface area contributed by atoms with Crippen LogP contribution in [-0.2, 0) is 0 Å². The van der Waals surface area contributed by atoms with Crippen molar-refractivity contribution in [3.63, 3.8) is 0 Å². The van der Waals surface area contributed by atoms with Crippen LogP contribution in [0.4, 0.5) is 0 Å². The maximum absolute atomic E-state index is 12.8. The van der Waals surface area contributed by atoms with Crippen LogP contribution in [0.5, 0.6) is 0 Å². The molecule has 0 spiro atoms. The lowest BCUT2D eigenvalue weighted by Gasteiger charge is -2.15. The molecule has 1 N–H and O–H groups in total. The average Bonchev–Trinajstić information content (AvgIpc) is 3.66. The molecule has 2 aromatic heterocycles. The van der Waals surface area contributed by atoms with E-state index in [0.717, 1.165) is 28.2 Å². The van der Waals surface area contributed by atoms with Gasteiger partial charge in [0.05, 0.1) is 22.6 Å². The van der Waals surface area contributed by atoms with Crippen LogP contribution in [-0.4, -0.2) is 16.7 Å². The number of carbonyl (C=O) groups excluding carboxylic acids is 1. The molecule has 4 aromatic carbocycles. The Morgan fingerprint density at radius 2 is 1.37 bits per heavy atom. The standard InChI is InChI=1S/C34H23Cl2N3O2/c35-26-13-17-29(30(36)21-26)33-20-16-28(41-33)22-37-38-34(40)25-11-14-27(15-12-25)39-31(23-7-3-1-4-8-23)18-19-32(39)24-9-5-2-6-10-24/h1-22H,(H,38,40)/b37-22-. The Hall–Kier alpha value is -4.84. The van der Waals surface area contributed by atoms with Gasteiger partial charge in [-0.15, -0.1) is 0 Å². The quantitative estimate of drug-likeness (QED) is 0.152. The van der Waals surface area contributed by atoms with Crippen molar-refractivity contribution in [1.29, 1.82) is 0 Å². The molecule has 2 heterocycles. The molecule has 0 saturated heterocycles. The van der Waals surface area contributed by atoms with E-state index < -0.39 is 0 Å². The number of hydrogen-bond donors (Lipinski definition) is 1. The van der Waals surface area contributed by atoms with Crippen LogP contribution < -0.4 is 5.43 Å². The second-order valence-electron chi connectivity index (χ2n) is 9.24. The fourth-order valence-corrected chi connectivity index (χ4v) is 5.12. The van der Waals surface area contributed by atoms with E-state index in [1.54, 1.807) is 42.5 Å². The summed E-state index contributed by atoms with van der Waals surface area (Å²) in [6, 6.07) is 40.9. The van der Waals surface area contributed by atoms with E-state index in [1.165, 1.54) is 6.21 Å². The van der Waals surface area contributed by atoms with Crippen molar-refractivity contribution in [3.05, 3.63) is 149 Å². The number of aromatic nitrogens is 1. The van der Waals surface area contributed by atoms with Gasteiger partial charge in [0, 0.05) is 21.8 Å². The highest BCUT2D eigenvalue weighted by Crippen LogP contribution is 2.33. The number of furan rings is 1. The molecule has 0 unspecified atom stereocenters. The van der Waals surface area contributed by atoms with Crippen molar-refractivity contribution >= 4 is 35.3 Å². The summed E-state index contributed by atoms with van der Waals surface area (Å²) in [6.45, 7) is 0. The third kappa shape index (κ3) is 5.73. The van der Waals surface area contributed by atoms with Crippen molar-refractivity contribution in [2.24, 2.45) is 5.10 Å². The predicted octanol–water partition coefficient (Wildman–Crippen LogP) is 9.14. The molecular formula is C34H23Cl2N3O2. The molecule has 200 valence electrons. The van der Waals surface area contributed by atoms with Gasteiger partial charge < -0.3 is 8.98 Å². The third-order valence-corrected chi connectivity index (χ3v) is 7.14. The van der Waals surface area contributed by atoms with Gasteiger partial charge in [0.1, 0.15) is 11.5 Å². The normalized spacial score (nSPS) is 11.2. The largest absolute Gasteiger partial charge is 0.455 e. The van der Waals surface area contributed by atoms with Crippen LogP contribution >= 0.6 is 23.2 Å². The highest BCUT2D eigenvalue weighted by molar-refractivity contribution is 6.36. The van der Waals surface area contributed by atoms with E-state index in [2.05, 4.69) is 51.5 Å². The van der Waals surface area contributed by atoms with Gasteiger partial charge >= 0.3 is 0 Å². The Morgan fingerprint density at radius 3 is 1.98 bits per heavy atom. The van der Waals surface area contributed by atoms with Crippen molar-refractivity contribution in [1.82, 2.24) is 9.99 Å². The van der Waals surface area contributed by atoms with Crippen LogP contribution in [0.25, 0.3) is 39.5 Å². The maximum Gasteiger partial charge on any atom is 0.271 e. The fourth-order valence-electron chi connectivity index (χ4n) is 4.62. The Balaban J connectivity index is 1.21. The fraction of sp³-hybridized carbons (Fsp3) is 0. The molecule has 0 saturated carbocycles. The van der Waals surface area contributed by atoms with Gasteiger partial charge in [-0.2, -0.15) is 5.10 Å². The molecular weight excluding hydrogens is 553 g/mol. The SMILES string of the molecule is O=C(N/N=C\c1ccc(-c2ccc(Cl)cc2Cl)o1)c1ccc(-n2c(-c3ccccc3)ccc2-c2ccccc2)cc1. The van der Waals surface area contributed by atoms with Gasteiger partial charge in [0.2, 0.25) is 0 Å². The van der Waals surface area contributed by atoms with E-state index >= 15 is 0 Å². The average molecular weight is 576 g/mol. The lowest BCUT2D eigenvalue weighted by molar-refractivity contribution is 0.0955. The van der Waals surface area contributed by atoms with Gasteiger partial charge in [-0.25, -0.2) is 5.43 Å². The Bertz CT molecular complexity index is 1780.